The zero-order valence-electron chi connectivity index (χ0n) is 14.4. The van der Waals surface area contributed by atoms with Gasteiger partial charge in [-0.25, -0.2) is 9.37 Å². The van der Waals surface area contributed by atoms with Crippen molar-refractivity contribution in [2.24, 2.45) is 0 Å². The van der Waals surface area contributed by atoms with Gasteiger partial charge in [0.05, 0.1) is 17.5 Å². The highest BCUT2D eigenvalue weighted by molar-refractivity contribution is 6.05. The van der Waals surface area contributed by atoms with Crippen LogP contribution < -0.4 is 10.2 Å². The number of benzene rings is 2. The third-order valence-corrected chi connectivity index (χ3v) is 5.05. The quantitative estimate of drug-likeness (QED) is 0.773. The van der Waals surface area contributed by atoms with Crippen molar-refractivity contribution in [3.05, 3.63) is 54.3 Å². The number of carbonyl (C=O) groups is 2. The Balaban J connectivity index is 1.46. The second kappa shape index (κ2) is 5.90. The molecule has 5 rings (SSSR count). The third kappa shape index (κ3) is 2.66. The van der Waals surface area contributed by atoms with Gasteiger partial charge in [-0.3, -0.25) is 19.1 Å². The van der Waals surface area contributed by atoms with Gasteiger partial charge in [0, 0.05) is 11.7 Å². The molecule has 136 valence electrons. The van der Waals surface area contributed by atoms with Crippen LogP contribution >= 0.6 is 0 Å². The summed E-state index contributed by atoms with van der Waals surface area (Å²) in [5, 5.41) is 2.74. The van der Waals surface area contributed by atoms with Gasteiger partial charge in [0.25, 0.3) is 5.91 Å². The molecule has 1 aliphatic carbocycles. The number of hydrogen-bond acceptors (Lipinski definition) is 3. The number of anilines is 2. The number of nitrogens with one attached hydrogen (secondary N) is 1. The molecule has 2 aliphatic rings. The molecule has 0 spiro atoms. The predicted octanol–water partition coefficient (Wildman–Crippen LogP) is 3.25. The fourth-order valence-electron chi connectivity index (χ4n) is 3.65. The van der Waals surface area contributed by atoms with Crippen molar-refractivity contribution in [3.8, 4) is 0 Å². The van der Waals surface area contributed by atoms with E-state index in [9.17, 15) is 14.0 Å². The molecule has 1 atom stereocenters. The molecule has 3 aromatic rings. The summed E-state index contributed by atoms with van der Waals surface area (Å²) in [7, 11) is 0. The standard InChI is InChI=1S/C20H17FN4O2/c21-12-5-7-13(8-6-12)22-18(26)11-17-19(27)24(14-9-10-14)20-23-15-3-1-2-4-16(15)25(17)20/h1-8,14,17H,9-11H2,(H,22,26)/t17-/m0/s1. The number of halogens is 1. The maximum absolute atomic E-state index is 13.0. The van der Waals surface area contributed by atoms with Crippen molar-refractivity contribution in [2.75, 3.05) is 10.2 Å². The van der Waals surface area contributed by atoms with Crippen molar-refractivity contribution in [2.45, 2.75) is 31.3 Å². The van der Waals surface area contributed by atoms with E-state index in [2.05, 4.69) is 10.3 Å². The number of para-hydroxylation sites is 2. The van der Waals surface area contributed by atoms with E-state index in [0.717, 1.165) is 23.9 Å². The van der Waals surface area contributed by atoms with Crippen LogP contribution in [0.15, 0.2) is 48.5 Å². The van der Waals surface area contributed by atoms with Crippen LogP contribution in [0.3, 0.4) is 0 Å². The topological polar surface area (TPSA) is 67.2 Å². The molecule has 7 heteroatoms. The summed E-state index contributed by atoms with van der Waals surface area (Å²) in [6.45, 7) is 0. The molecule has 2 heterocycles. The number of aromatic nitrogens is 2. The molecule has 2 aromatic carbocycles. The summed E-state index contributed by atoms with van der Waals surface area (Å²) < 4.78 is 14.9. The van der Waals surface area contributed by atoms with Crippen molar-refractivity contribution in [1.29, 1.82) is 0 Å². The highest BCUT2D eigenvalue weighted by Gasteiger charge is 2.47. The molecule has 0 unspecified atom stereocenters. The fraction of sp³-hybridized carbons (Fsp3) is 0.250. The third-order valence-electron chi connectivity index (χ3n) is 5.05. The van der Waals surface area contributed by atoms with E-state index in [1.807, 2.05) is 28.8 Å². The van der Waals surface area contributed by atoms with Crippen LogP contribution in [0.25, 0.3) is 11.0 Å². The maximum atomic E-state index is 13.0. The molecule has 1 saturated carbocycles. The number of hydrogen-bond donors (Lipinski definition) is 1. The van der Waals surface area contributed by atoms with Crippen LogP contribution in [-0.2, 0) is 9.59 Å². The van der Waals surface area contributed by atoms with Crippen LogP contribution in [0.5, 0.6) is 0 Å². The van der Waals surface area contributed by atoms with E-state index in [1.165, 1.54) is 24.3 Å². The van der Waals surface area contributed by atoms with E-state index >= 15 is 0 Å². The Morgan fingerprint density at radius 2 is 1.89 bits per heavy atom. The van der Waals surface area contributed by atoms with E-state index in [0.29, 0.717) is 11.6 Å². The highest BCUT2D eigenvalue weighted by atomic mass is 19.1. The Hall–Kier alpha value is -3.22. The number of fused-ring (bicyclic) bond motifs is 3. The van der Waals surface area contributed by atoms with Crippen molar-refractivity contribution in [1.82, 2.24) is 9.55 Å². The lowest BCUT2D eigenvalue weighted by Gasteiger charge is -2.15. The van der Waals surface area contributed by atoms with E-state index < -0.39 is 6.04 Å². The summed E-state index contributed by atoms with van der Waals surface area (Å²) in [6, 6.07) is 12.8. The van der Waals surface area contributed by atoms with Crippen LogP contribution in [-0.4, -0.2) is 27.4 Å². The first kappa shape index (κ1) is 16.0. The number of rotatable bonds is 4. The van der Waals surface area contributed by atoms with E-state index in [1.54, 1.807) is 4.90 Å². The minimum Gasteiger partial charge on any atom is -0.326 e. The summed E-state index contributed by atoms with van der Waals surface area (Å²) >= 11 is 0. The molecule has 1 aromatic heterocycles. The Bertz CT molecular complexity index is 1060. The van der Waals surface area contributed by atoms with E-state index in [-0.39, 0.29) is 30.1 Å². The van der Waals surface area contributed by atoms with Crippen LogP contribution in [0.2, 0.25) is 0 Å². The zero-order valence-corrected chi connectivity index (χ0v) is 14.4. The van der Waals surface area contributed by atoms with Crippen molar-refractivity contribution < 1.29 is 14.0 Å². The van der Waals surface area contributed by atoms with Gasteiger partial charge >= 0.3 is 0 Å². The molecule has 1 fully saturated rings. The Morgan fingerprint density at radius 3 is 2.63 bits per heavy atom. The second-order valence-corrected chi connectivity index (χ2v) is 6.98. The Morgan fingerprint density at radius 1 is 1.15 bits per heavy atom. The predicted molar refractivity (Wildman–Crippen MR) is 98.9 cm³/mol. The minimum atomic E-state index is -0.617. The monoisotopic (exact) mass is 364 g/mol. The minimum absolute atomic E-state index is 0.00673. The van der Waals surface area contributed by atoms with Crippen LogP contribution in [0, 0.1) is 5.82 Å². The lowest BCUT2D eigenvalue weighted by atomic mass is 10.1. The molecular formula is C20H17FN4O2. The first-order valence-corrected chi connectivity index (χ1v) is 8.97. The second-order valence-electron chi connectivity index (χ2n) is 6.98. The number of imidazole rings is 1. The van der Waals surface area contributed by atoms with Crippen LogP contribution in [0.4, 0.5) is 16.0 Å². The SMILES string of the molecule is O=C(C[C@H]1C(=O)N(C2CC2)c2nc3ccccc3n21)Nc1ccc(F)cc1. The van der Waals surface area contributed by atoms with Gasteiger partial charge in [0.1, 0.15) is 11.9 Å². The number of nitrogens with zero attached hydrogens (tertiary/aromatic N) is 3. The average molecular weight is 364 g/mol. The van der Waals surface area contributed by atoms with Crippen molar-refractivity contribution >= 4 is 34.5 Å². The maximum Gasteiger partial charge on any atom is 0.253 e. The smallest absolute Gasteiger partial charge is 0.253 e. The molecular weight excluding hydrogens is 347 g/mol. The molecule has 27 heavy (non-hydrogen) atoms. The van der Waals surface area contributed by atoms with E-state index in [4.69, 9.17) is 0 Å². The van der Waals surface area contributed by atoms with Gasteiger partial charge in [-0.2, -0.15) is 0 Å². The first-order chi connectivity index (χ1) is 13.1. The molecule has 1 N–H and O–H groups in total. The van der Waals surface area contributed by atoms with Gasteiger partial charge in [-0.15, -0.1) is 0 Å². The largest absolute Gasteiger partial charge is 0.326 e. The summed E-state index contributed by atoms with van der Waals surface area (Å²) in [5.74, 6) is -0.113. The first-order valence-electron chi connectivity index (χ1n) is 8.97. The van der Waals surface area contributed by atoms with Crippen molar-refractivity contribution in [3.63, 3.8) is 0 Å². The normalized spacial score (nSPS) is 18.8. The highest BCUT2D eigenvalue weighted by Crippen LogP contribution is 2.42. The summed E-state index contributed by atoms with van der Waals surface area (Å²) in [5.41, 5.74) is 2.17. The molecule has 2 amide bonds. The average Bonchev–Trinajstić information content (AvgIpc) is 3.36. The van der Waals surface area contributed by atoms with Gasteiger partial charge in [-0.05, 0) is 49.2 Å². The number of amides is 2. The van der Waals surface area contributed by atoms with Gasteiger partial charge < -0.3 is 5.32 Å². The van der Waals surface area contributed by atoms with Gasteiger partial charge in [-0.1, -0.05) is 12.1 Å². The van der Waals surface area contributed by atoms with Gasteiger partial charge in [0.15, 0.2) is 0 Å². The lowest BCUT2D eigenvalue weighted by molar-refractivity contribution is -0.124. The van der Waals surface area contributed by atoms with Gasteiger partial charge in [0.2, 0.25) is 11.9 Å². The fourth-order valence-corrected chi connectivity index (χ4v) is 3.65. The summed E-state index contributed by atoms with van der Waals surface area (Å²) in [6.07, 6.45) is 1.93. The lowest BCUT2D eigenvalue weighted by Crippen LogP contribution is -2.33. The summed E-state index contributed by atoms with van der Waals surface area (Å²) in [4.78, 5) is 31.9. The molecule has 6 nitrogen and oxygen atoms in total. The molecule has 0 radical (unpaired) electrons. The van der Waals surface area contributed by atoms with Crippen LogP contribution in [0.1, 0.15) is 25.3 Å². The molecule has 0 bridgehead atoms. The zero-order chi connectivity index (χ0) is 18.5. The number of carbonyl (C=O) groups excluding carboxylic acids is 2. The Labute approximate surface area is 154 Å². The molecule has 0 saturated heterocycles. The molecule has 1 aliphatic heterocycles. The Kier molecular flexibility index (Phi) is 3.50.